The number of fused-ring (bicyclic) bond motifs is 2. The number of rotatable bonds is 5. The number of amides is 1. The van der Waals surface area contributed by atoms with Crippen molar-refractivity contribution in [1.82, 2.24) is 14.7 Å². The monoisotopic (exact) mass is 387 g/mol. The van der Waals surface area contributed by atoms with E-state index in [-0.39, 0.29) is 11.5 Å². The fourth-order valence-corrected chi connectivity index (χ4v) is 3.35. The Bertz CT molecular complexity index is 1260. The maximum atomic E-state index is 12.9. The number of nitrogens with zero attached hydrogens (tertiary/aromatic N) is 3. The normalized spacial score (nSPS) is 11.1. The van der Waals surface area contributed by atoms with Gasteiger partial charge in [-0.2, -0.15) is 0 Å². The minimum absolute atomic E-state index is 0.164. The highest BCUT2D eigenvalue weighted by Gasteiger charge is 2.11. The molecule has 1 N–H and O–H groups in total. The van der Waals surface area contributed by atoms with Crippen LogP contribution < -0.4 is 15.4 Å². The zero-order valence-electron chi connectivity index (χ0n) is 16.6. The van der Waals surface area contributed by atoms with Gasteiger partial charge in [0.25, 0.3) is 11.5 Å². The van der Waals surface area contributed by atoms with Crippen LogP contribution in [-0.2, 0) is 6.54 Å². The van der Waals surface area contributed by atoms with Crippen molar-refractivity contribution in [3.63, 3.8) is 0 Å². The SMILES string of the molecule is Cc1cc2nc3ccc(C(=O)NCCC[n+]4ccccc4)cn3c(=O)c2cc1C. The van der Waals surface area contributed by atoms with Gasteiger partial charge in [0.15, 0.2) is 12.4 Å². The quantitative estimate of drug-likeness (QED) is 0.325. The van der Waals surface area contributed by atoms with Gasteiger partial charge in [0.1, 0.15) is 12.2 Å². The van der Waals surface area contributed by atoms with E-state index in [1.165, 1.54) is 4.40 Å². The largest absolute Gasteiger partial charge is 0.352 e. The molecule has 0 saturated heterocycles. The lowest BCUT2D eigenvalue weighted by Crippen LogP contribution is -2.35. The van der Waals surface area contributed by atoms with Gasteiger partial charge in [-0.1, -0.05) is 6.07 Å². The lowest BCUT2D eigenvalue weighted by molar-refractivity contribution is -0.697. The van der Waals surface area contributed by atoms with E-state index >= 15 is 0 Å². The van der Waals surface area contributed by atoms with Gasteiger partial charge in [-0.3, -0.25) is 14.0 Å². The third kappa shape index (κ3) is 3.87. The zero-order valence-corrected chi connectivity index (χ0v) is 16.6. The average Bonchev–Trinajstić information content (AvgIpc) is 2.73. The van der Waals surface area contributed by atoms with Crippen LogP contribution in [0.5, 0.6) is 0 Å². The summed E-state index contributed by atoms with van der Waals surface area (Å²) >= 11 is 0. The molecular weight excluding hydrogens is 364 g/mol. The van der Waals surface area contributed by atoms with E-state index < -0.39 is 0 Å². The van der Waals surface area contributed by atoms with Crippen LogP contribution in [0.25, 0.3) is 16.6 Å². The first-order valence-electron chi connectivity index (χ1n) is 9.68. The second-order valence-corrected chi connectivity index (χ2v) is 7.24. The Morgan fingerprint density at radius 1 is 1.10 bits per heavy atom. The summed E-state index contributed by atoms with van der Waals surface area (Å²) in [6.45, 7) is 5.36. The van der Waals surface area contributed by atoms with Gasteiger partial charge < -0.3 is 5.32 Å². The Kier molecular flexibility index (Phi) is 5.08. The van der Waals surface area contributed by atoms with E-state index in [4.69, 9.17) is 0 Å². The molecule has 0 aliphatic carbocycles. The molecule has 0 unspecified atom stereocenters. The highest BCUT2D eigenvalue weighted by atomic mass is 16.1. The second kappa shape index (κ2) is 7.83. The summed E-state index contributed by atoms with van der Waals surface area (Å²) in [6.07, 6.45) is 6.38. The van der Waals surface area contributed by atoms with E-state index in [9.17, 15) is 9.59 Å². The van der Waals surface area contributed by atoms with Crippen molar-refractivity contribution in [1.29, 1.82) is 0 Å². The lowest BCUT2D eigenvalue weighted by atomic mass is 10.1. The maximum Gasteiger partial charge on any atom is 0.265 e. The summed E-state index contributed by atoms with van der Waals surface area (Å²) in [5, 5.41) is 3.48. The Labute approximate surface area is 168 Å². The number of carbonyl (C=O) groups excluding carboxylic acids is 1. The van der Waals surface area contributed by atoms with Gasteiger partial charge in [-0.25, -0.2) is 9.55 Å². The summed E-state index contributed by atoms with van der Waals surface area (Å²) in [6, 6.07) is 13.1. The first-order chi connectivity index (χ1) is 14.0. The number of carbonyl (C=O) groups is 1. The predicted octanol–water partition coefficient (Wildman–Crippen LogP) is 2.57. The van der Waals surface area contributed by atoms with Gasteiger partial charge in [-0.05, 0) is 49.2 Å². The third-order valence-corrected chi connectivity index (χ3v) is 5.14. The molecule has 0 saturated carbocycles. The minimum atomic E-state index is -0.197. The first-order valence-corrected chi connectivity index (χ1v) is 9.68. The van der Waals surface area contributed by atoms with Crippen LogP contribution in [0, 0.1) is 13.8 Å². The molecule has 0 spiro atoms. The van der Waals surface area contributed by atoms with Crippen LogP contribution in [0.4, 0.5) is 0 Å². The molecule has 0 aliphatic rings. The Morgan fingerprint density at radius 3 is 2.66 bits per heavy atom. The smallest absolute Gasteiger partial charge is 0.265 e. The molecule has 0 aliphatic heterocycles. The highest BCUT2D eigenvalue weighted by molar-refractivity contribution is 5.94. The Hall–Kier alpha value is -3.54. The number of aromatic nitrogens is 3. The van der Waals surface area contributed by atoms with E-state index in [1.807, 2.05) is 56.6 Å². The summed E-state index contributed by atoms with van der Waals surface area (Å²) in [7, 11) is 0. The minimum Gasteiger partial charge on any atom is -0.352 e. The molecule has 4 aromatic rings. The number of hydrogen-bond donors (Lipinski definition) is 1. The number of hydrogen-bond acceptors (Lipinski definition) is 3. The van der Waals surface area contributed by atoms with Crippen LogP contribution in [0.15, 0.2) is 65.8 Å². The molecule has 0 atom stereocenters. The van der Waals surface area contributed by atoms with Crippen molar-refractivity contribution >= 4 is 22.5 Å². The predicted molar refractivity (Wildman–Crippen MR) is 112 cm³/mol. The molecule has 1 aromatic carbocycles. The molecule has 6 nitrogen and oxygen atoms in total. The van der Waals surface area contributed by atoms with Crippen LogP contribution in [0.3, 0.4) is 0 Å². The van der Waals surface area contributed by atoms with E-state index in [2.05, 4.69) is 14.9 Å². The topological polar surface area (TPSA) is 67.3 Å². The summed E-state index contributed by atoms with van der Waals surface area (Å²) in [5.41, 5.74) is 3.62. The number of aryl methyl sites for hydroxylation is 3. The Balaban J connectivity index is 1.54. The number of benzene rings is 1. The van der Waals surface area contributed by atoms with Crippen molar-refractivity contribution in [3.05, 3.63) is 88.1 Å². The fraction of sp³-hybridized carbons (Fsp3) is 0.217. The lowest BCUT2D eigenvalue weighted by Gasteiger charge is -2.08. The first kappa shape index (κ1) is 18.8. The Morgan fingerprint density at radius 2 is 1.86 bits per heavy atom. The van der Waals surface area contributed by atoms with Gasteiger partial charge in [-0.15, -0.1) is 0 Å². The summed E-state index contributed by atoms with van der Waals surface area (Å²) in [4.78, 5) is 30.0. The number of nitrogens with one attached hydrogen (secondary N) is 1. The molecule has 146 valence electrons. The van der Waals surface area contributed by atoms with Crippen molar-refractivity contribution < 1.29 is 9.36 Å². The maximum absolute atomic E-state index is 12.9. The molecule has 0 bridgehead atoms. The molecule has 0 fully saturated rings. The molecule has 29 heavy (non-hydrogen) atoms. The van der Waals surface area contributed by atoms with Crippen LogP contribution in [-0.4, -0.2) is 21.8 Å². The molecule has 3 heterocycles. The van der Waals surface area contributed by atoms with Crippen LogP contribution >= 0.6 is 0 Å². The molecule has 3 aromatic heterocycles. The zero-order chi connectivity index (χ0) is 20.4. The summed E-state index contributed by atoms with van der Waals surface area (Å²) < 4.78 is 3.52. The molecule has 4 rings (SSSR count). The van der Waals surface area contributed by atoms with E-state index in [0.717, 1.165) is 24.1 Å². The van der Waals surface area contributed by atoms with Gasteiger partial charge in [0.2, 0.25) is 0 Å². The van der Waals surface area contributed by atoms with Crippen molar-refractivity contribution in [3.8, 4) is 0 Å². The van der Waals surface area contributed by atoms with Crippen molar-refractivity contribution in [2.24, 2.45) is 0 Å². The second-order valence-electron chi connectivity index (χ2n) is 7.24. The van der Waals surface area contributed by atoms with Crippen molar-refractivity contribution in [2.75, 3.05) is 6.54 Å². The van der Waals surface area contributed by atoms with Crippen LogP contribution in [0.1, 0.15) is 27.9 Å². The highest BCUT2D eigenvalue weighted by Crippen LogP contribution is 2.16. The van der Waals surface area contributed by atoms with E-state index in [1.54, 1.807) is 18.3 Å². The van der Waals surface area contributed by atoms with Gasteiger partial charge in [0, 0.05) is 31.3 Å². The molecule has 6 heteroatoms. The number of pyridine rings is 2. The van der Waals surface area contributed by atoms with Gasteiger partial charge in [0.05, 0.1) is 16.5 Å². The summed E-state index contributed by atoms with van der Waals surface area (Å²) in [5.74, 6) is -0.197. The fourth-order valence-electron chi connectivity index (χ4n) is 3.35. The third-order valence-electron chi connectivity index (χ3n) is 5.14. The molecular formula is C23H23N4O2+. The molecule has 0 radical (unpaired) electrons. The average molecular weight is 387 g/mol. The molecule has 1 amide bonds. The van der Waals surface area contributed by atoms with E-state index in [0.29, 0.717) is 28.7 Å². The van der Waals surface area contributed by atoms with Crippen molar-refractivity contribution in [2.45, 2.75) is 26.8 Å². The standard InChI is InChI=1S/C23H22N4O2/c1-16-13-19-20(14-17(16)2)25-21-8-7-18(15-27(21)23(19)29)22(28)24-9-6-12-26-10-4-3-5-11-26/h3-5,7-8,10-11,13-15H,6,9,12H2,1-2H3/p+1. The van der Waals surface area contributed by atoms with Gasteiger partial charge >= 0.3 is 0 Å². The van der Waals surface area contributed by atoms with Crippen LogP contribution in [0.2, 0.25) is 0 Å².